The van der Waals surface area contributed by atoms with E-state index >= 15 is 0 Å². The predicted molar refractivity (Wildman–Crippen MR) is 112 cm³/mol. The van der Waals surface area contributed by atoms with Crippen molar-refractivity contribution in [3.05, 3.63) is 53.5 Å². The van der Waals surface area contributed by atoms with Crippen molar-refractivity contribution in [2.75, 3.05) is 25.0 Å². The fourth-order valence-electron chi connectivity index (χ4n) is 4.39. The third-order valence-electron chi connectivity index (χ3n) is 5.72. The Morgan fingerprint density at radius 2 is 2.04 bits per heavy atom. The Morgan fingerprint density at radius 1 is 1.18 bits per heavy atom. The number of hydrogen-bond donors (Lipinski definition) is 1. The third-order valence-corrected chi connectivity index (χ3v) is 8.03. The summed E-state index contributed by atoms with van der Waals surface area (Å²) in [4.78, 5) is 9.23. The van der Waals surface area contributed by atoms with Crippen molar-refractivity contribution in [2.45, 2.75) is 29.9 Å². The molecule has 0 radical (unpaired) electrons. The van der Waals surface area contributed by atoms with Crippen LogP contribution in [0.4, 0.5) is 5.69 Å². The second kappa shape index (κ2) is 6.81. The van der Waals surface area contributed by atoms with E-state index in [-0.39, 0.29) is 6.04 Å². The number of para-hydroxylation sites is 1. The Bertz CT molecular complexity index is 1130. The topological polar surface area (TPSA) is 65.5 Å². The summed E-state index contributed by atoms with van der Waals surface area (Å²) in [5.74, 6) is 0. The molecule has 1 aromatic heterocycles. The zero-order valence-corrected chi connectivity index (χ0v) is 17.2. The van der Waals surface area contributed by atoms with Gasteiger partial charge < -0.3 is 4.90 Å². The molecule has 2 atom stereocenters. The first-order valence-electron chi connectivity index (χ1n) is 9.38. The Hall–Kier alpha value is -2.00. The van der Waals surface area contributed by atoms with E-state index in [1.165, 1.54) is 22.6 Å². The fourth-order valence-corrected chi connectivity index (χ4v) is 6.45. The van der Waals surface area contributed by atoms with E-state index in [0.717, 1.165) is 36.3 Å². The van der Waals surface area contributed by atoms with Crippen LogP contribution in [0.5, 0.6) is 0 Å². The van der Waals surface area contributed by atoms with Gasteiger partial charge in [0, 0.05) is 44.5 Å². The lowest BCUT2D eigenvalue weighted by atomic mass is 10.1. The van der Waals surface area contributed by atoms with Crippen LogP contribution in [0, 0.1) is 0 Å². The second-order valence-corrected chi connectivity index (χ2v) is 10.2. The molecule has 3 heterocycles. The van der Waals surface area contributed by atoms with Gasteiger partial charge in [-0.05, 0) is 36.2 Å². The predicted octanol–water partition coefficient (Wildman–Crippen LogP) is 2.67. The van der Waals surface area contributed by atoms with E-state index in [1.807, 2.05) is 0 Å². The molecule has 8 heteroatoms. The van der Waals surface area contributed by atoms with E-state index in [2.05, 4.69) is 50.8 Å². The zero-order chi connectivity index (χ0) is 19.3. The van der Waals surface area contributed by atoms with Crippen molar-refractivity contribution in [3.8, 4) is 0 Å². The third kappa shape index (κ3) is 3.20. The molecule has 1 N–H and O–H groups in total. The second-order valence-electron chi connectivity index (χ2n) is 7.63. The molecule has 2 aliphatic rings. The normalized spacial score (nSPS) is 22.8. The lowest BCUT2D eigenvalue weighted by Gasteiger charge is -2.24. The van der Waals surface area contributed by atoms with Crippen molar-refractivity contribution in [2.24, 2.45) is 0 Å². The van der Waals surface area contributed by atoms with Crippen LogP contribution in [0.15, 0.2) is 52.9 Å². The van der Waals surface area contributed by atoms with Crippen LogP contribution in [0.3, 0.4) is 0 Å². The highest BCUT2D eigenvalue weighted by atomic mass is 32.2. The molecule has 0 aliphatic carbocycles. The fraction of sp³-hybridized carbons (Fsp3) is 0.350. The smallest absolute Gasteiger partial charge is 0.240 e. The molecule has 28 heavy (non-hydrogen) atoms. The largest absolute Gasteiger partial charge is 0.373 e. The molecule has 0 amide bonds. The number of nitrogens with zero attached hydrogens (tertiary/aromatic N) is 3. The lowest BCUT2D eigenvalue weighted by Crippen LogP contribution is -2.37. The van der Waals surface area contributed by atoms with Crippen LogP contribution in [-0.2, 0) is 16.6 Å². The van der Waals surface area contributed by atoms with Crippen molar-refractivity contribution >= 4 is 37.3 Å². The van der Waals surface area contributed by atoms with Crippen LogP contribution >= 0.6 is 11.3 Å². The van der Waals surface area contributed by atoms with Crippen molar-refractivity contribution < 1.29 is 8.42 Å². The number of aromatic nitrogens is 1. The van der Waals surface area contributed by atoms with Gasteiger partial charge in [0.1, 0.15) is 0 Å². The Balaban J connectivity index is 1.35. The average Bonchev–Trinajstić information content (AvgIpc) is 3.25. The number of thiazole rings is 1. The maximum Gasteiger partial charge on any atom is 0.240 e. The molecule has 0 spiro atoms. The molecule has 0 unspecified atom stereocenters. The van der Waals surface area contributed by atoms with Crippen molar-refractivity contribution in [1.82, 2.24) is 14.6 Å². The van der Waals surface area contributed by atoms with Gasteiger partial charge >= 0.3 is 0 Å². The van der Waals surface area contributed by atoms with E-state index in [0.29, 0.717) is 10.9 Å². The number of nitrogens with one attached hydrogen (secondary N) is 1. The summed E-state index contributed by atoms with van der Waals surface area (Å²) in [7, 11) is -1.44. The Labute approximate surface area is 168 Å². The quantitative estimate of drug-likeness (QED) is 0.714. The van der Waals surface area contributed by atoms with E-state index in [4.69, 9.17) is 0 Å². The molecule has 0 bridgehead atoms. The molecule has 2 aliphatic heterocycles. The number of anilines is 1. The summed E-state index contributed by atoms with van der Waals surface area (Å²) in [6, 6.07) is 13.9. The monoisotopic (exact) mass is 414 g/mol. The summed E-state index contributed by atoms with van der Waals surface area (Å²) in [5, 5.41) is 0. The molecule has 6 nitrogen and oxygen atoms in total. The van der Waals surface area contributed by atoms with E-state index < -0.39 is 10.0 Å². The Morgan fingerprint density at radius 3 is 2.93 bits per heavy atom. The van der Waals surface area contributed by atoms with Crippen LogP contribution in [0.2, 0.25) is 0 Å². The number of sulfonamides is 1. The molecule has 0 saturated carbocycles. The molecule has 3 aromatic rings. The number of fused-ring (bicyclic) bond motifs is 3. The summed E-state index contributed by atoms with van der Waals surface area (Å²) in [6.07, 6.45) is 0.820. The molecule has 2 aromatic carbocycles. The zero-order valence-electron chi connectivity index (χ0n) is 15.6. The summed E-state index contributed by atoms with van der Waals surface area (Å²) in [5.41, 5.74) is 5.14. The first-order valence-corrected chi connectivity index (χ1v) is 11.7. The van der Waals surface area contributed by atoms with E-state index in [9.17, 15) is 8.42 Å². The van der Waals surface area contributed by atoms with Gasteiger partial charge in [-0.3, -0.25) is 4.90 Å². The lowest BCUT2D eigenvalue weighted by molar-refractivity contribution is 0.254. The maximum atomic E-state index is 12.9. The highest BCUT2D eigenvalue weighted by Crippen LogP contribution is 2.31. The van der Waals surface area contributed by atoms with Gasteiger partial charge in [-0.1, -0.05) is 18.2 Å². The van der Waals surface area contributed by atoms with Gasteiger partial charge in [-0.2, -0.15) is 0 Å². The number of hydrogen-bond acceptors (Lipinski definition) is 6. The standard InChI is InChI=1S/C20H22N4O2S2/c1-23-12-16-8-15(11-24(16)10-14-4-2-3-5-19(14)23)22-28(25,26)17-6-7-18-20(9-17)27-13-21-18/h2-7,9,13,15-16,22H,8,10-12H2,1H3/t15-,16-/m0/s1. The molecular weight excluding hydrogens is 392 g/mol. The van der Waals surface area contributed by atoms with Gasteiger partial charge in [-0.15, -0.1) is 11.3 Å². The SMILES string of the molecule is CN1C[C@@H]2C[C@H](NS(=O)(=O)c3ccc4ncsc4c3)CN2Cc2ccccc21. The summed E-state index contributed by atoms with van der Waals surface area (Å²) >= 11 is 1.46. The first-order chi connectivity index (χ1) is 13.5. The molecule has 146 valence electrons. The highest BCUT2D eigenvalue weighted by molar-refractivity contribution is 7.89. The average molecular weight is 415 g/mol. The van der Waals surface area contributed by atoms with Crippen LogP contribution in [0.25, 0.3) is 10.2 Å². The highest BCUT2D eigenvalue weighted by Gasteiger charge is 2.37. The maximum absolute atomic E-state index is 12.9. The first kappa shape index (κ1) is 18.1. The minimum absolute atomic E-state index is 0.0779. The van der Waals surface area contributed by atoms with Gasteiger partial charge in [-0.25, -0.2) is 18.1 Å². The minimum Gasteiger partial charge on any atom is -0.373 e. The van der Waals surface area contributed by atoms with Crippen molar-refractivity contribution in [3.63, 3.8) is 0 Å². The van der Waals surface area contributed by atoms with Gasteiger partial charge in [0.25, 0.3) is 0 Å². The van der Waals surface area contributed by atoms with E-state index in [1.54, 1.807) is 23.7 Å². The number of benzene rings is 2. The number of likely N-dealkylation sites (N-methyl/N-ethyl adjacent to an activating group) is 1. The Kier molecular flexibility index (Phi) is 4.39. The molecule has 5 rings (SSSR count). The molecule has 1 fully saturated rings. The summed E-state index contributed by atoms with van der Waals surface area (Å²) < 4.78 is 29.7. The van der Waals surface area contributed by atoms with Crippen molar-refractivity contribution in [1.29, 1.82) is 0 Å². The van der Waals surface area contributed by atoms with Crippen LogP contribution in [-0.4, -0.2) is 50.5 Å². The van der Waals surface area contributed by atoms with Gasteiger partial charge in [0.15, 0.2) is 0 Å². The minimum atomic E-state index is -3.55. The van der Waals surface area contributed by atoms with Crippen LogP contribution < -0.4 is 9.62 Å². The number of rotatable bonds is 3. The molecular formula is C20H22N4O2S2. The van der Waals surface area contributed by atoms with Gasteiger partial charge in [0.2, 0.25) is 10.0 Å². The van der Waals surface area contributed by atoms with Crippen LogP contribution in [0.1, 0.15) is 12.0 Å². The summed E-state index contributed by atoms with van der Waals surface area (Å²) in [6.45, 7) is 2.49. The van der Waals surface area contributed by atoms with Gasteiger partial charge in [0.05, 0.1) is 20.6 Å². The molecule has 1 saturated heterocycles.